The number of urea groups is 1. The molecule has 2 N–H and O–H groups in total. The number of carboxylic acid groups (broad SMARTS) is 1. The minimum absolute atomic E-state index is 0.00344. The molecule has 216 valence electrons. The predicted molar refractivity (Wildman–Crippen MR) is 131 cm³/mol. The van der Waals surface area contributed by atoms with Crippen molar-refractivity contribution in [2.45, 2.75) is 44.7 Å². The molecule has 8 nitrogen and oxygen atoms in total. The Morgan fingerprint density at radius 2 is 1.62 bits per heavy atom. The molecule has 0 aliphatic carbocycles. The van der Waals surface area contributed by atoms with E-state index in [-0.39, 0.29) is 45.7 Å². The van der Waals surface area contributed by atoms with Crippen molar-refractivity contribution in [2.24, 2.45) is 0 Å². The van der Waals surface area contributed by atoms with E-state index in [1.807, 2.05) is 6.07 Å². The Labute approximate surface area is 222 Å². The summed E-state index contributed by atoms with van der Waals surface area (Å²) in [4.78, 5) is 25.2. The van der Waals surface area contributed by atoms with E-state index in [1.54, 1.807) is 55.5 Å². The number of nitrogens with zero attached hydrogens (tertiary/aromatic N) is 1. The smallest absolute Gasteiger partial charge is 0.482 e. The van der Waals surface area contributed by atoms with Crippen LogP contribution < -0.4 is 10.1 Å². The van der Waals surface area contributed by atoms with Gasteiger partial charge in [0.05, 0.1) is 13.2 Å². The largest absolute Gasteiger partial charge is 0.492 e. The van der Waals surface area contributed by atoms with Crippen molar-refractivity contribution >= 4 is 12.0 Å². The SMILES string of the molecule is CCOC(Cc1ccc(OCCN(CCCOC(F)(F)C(F)(F)F)C(=O)NCc2ccccc2)cc1)C(=O)O. The van der Waals surface area contributed by atoms with Gasteiger partial charge in [-0.1, -0.05) is 42.5 Å². The number of halogens is 5. The molecule has 0 spiro atoms. The van der Waals surface area contributed by atoms with Crippen LogP contribution in [0.15, 0.2) is 54.6 Å². The van der Waals surface area contributed by atoms with Crippen molar-refractivity contribution in [1.29, 1.82) is 0 Å². The summed E-state index contributed by atoms with van der Waals surface area (Å²) in [6.07, 6.45) is -12.2. The van der Waals surface area contributed by atoms with Crippen LogP contribution in [0.1, 0.15) is 24.5 Å². The van der Waals surface area contributed by atoms with E-state index in [0.717, 1.165) is 5.56 Å². The number of alkyl halides is 5. The molecule has 0 bridgehead atoms. The molecule has 0 saturated heterocycles. The number of benzene rings is 2. The standard InChI is InChI=1S/C26H31F5N2O6/c1-2-37-22(23(34)35)17-19-9-11-21(12-10-19)38-16-14-33(13-6-15-39-26(30,31)25(27,28)29)24(36)32-18-20-7-4-3-5-8-20/h3-5,7-12,22H,2,6,13-18H2,1H3,(H,32,36)(H,34,35). The fourth-order valence-electron chi connectivity index (χ4n) is 3.37. The van der Waals surface area contributed by atoms with Crippen molar-refractivity contribution < 1.29 is 50.9 Å². The van der Waals surface area contributed by atoms with Gasteiger partial charge in [0.15, 0.2) is 6.10 Å². The van der Waals surface area contributed by atoms with Crippen LogP contribution in [0.3, 0.4) is 0 Å². The normalized spacial score (nSPS) is 12.6. The second kappa shape index (κ2) is 15.2. The predicted octanol–water partition coefficient (Wildman–Crippen LogP) is 4.87. The Kier molecular flexibility index (Phi) is 12.4. The lowest BCUT2D eigenvalue weighted by Crippen LogP contribution is -2.43. The maximum absolute atomic E-state index is 13.0. The number of carbonyl (C=O) groups excluding carboxylic acids is 1. The topological polar surface area (TPSA) is 97.3 Å². The van der Waals surface area contributed by atoms with E-state index in [9.17, 15) is 36.6 Å². The third-order valence-electron chi connectivity index (χ3n) is 5.38. The number of nitrogens with one attached hydrogen (secondary N) is 1. The quantitative estimate of drug-likeness (QED) is 0.224. The molecule has 13 heteroatoms. The first-order valence-corrected chi connectivity index (χ1v) is 12.1. The van der Waals surface area contributed by atoms with Gasteiger partial charge in [0, 0.05) is 26.1 Å². The lowest BCUT2D eigenvalue weighted by atomic mass is 10.1. The van der Waals surface area contributed by atoms with Gasteiger partial charge < -0.3 is 29.5 Å². The molecule has 0 aromatic heterocycles. The summed E-state index contributed by atoms with van der Waals surface area (Å²) in [5.74, 6) is -0.643. The molecular weight excluding hydrogens is 531 g/mol. The zero-order valence-electron chi connectivity index (χ0n) is 21.3. The number of aliphatic carboxylic acids is 1. The number of ether oxygens (including phenoxy) is 3. The zero-order valence-corrected chi connectivity index (χ0v) is 21.3. The van der Waals surface area contributed by atoms with E-state index >= 15 is 0 Å². The summed E-state index contributed by atoms with van der Waals surface area (Å²) in [7, 11) is 0. The van der Waals surface area contributed by atoms with E-state index in [2.05, 4.69) is 10.1 Å². The average Bonchev–Trinajstić information content (AvgIpc) is 2.89. The highest BCUT2D eigenvalue weighted by atomic mass is 19.4. The van der Waals surface area contributed by atoms with Crippen molar-refractivity contribution in [3.8, 4) is 5.75 Å². The van der Waals surface area contributed by atoms with Gasteiger partial charge in [-0.15, -0.1) is 0 Å². The van der Waals surface area contributed by atoms with Gasteiger partial charge in [-0.2, -0.15) is 22.0 Å². The van der Waals surface area contributed by atoms with E-state index in [0.29, 0.717) is 11.3 Å². The van der Waals surface area contributed by atoms with Gasteiger partial charge in [-0.05, 0) is 36.6 Å². The van der Waals surface area contributed by atoms with Crippen LogP contribution in [-0.2, 0) is 27.2 Å². The van der Waals surface area contributed by atoms with Crippen molar-refractivity contribution in [3.05, 3.63) is 65.7 Å². The fourth-order valence-corrected chi connectivity index (χ4v) is 3.37. The highest BCUT2D eigenvalue weighted by molar-refractivity contribution is 5.74. The Bertz CT molecular complexity index is 1020. The summed E-state index contributed by atoms with van der Waals surface area (Å²) < 4.78 is 77.4. The fraction of sp³-hybridized carbons (Fsp3) is 0.462. The first-order valence-electron chi connectivity index (χ1n) is 12.1. The lowest BCUT2D eigenvalue weighted by molar-refractivity contribution is -0.391. The van der Waals surface area contributed by atoms with Crippen LogP contribution in [0.4, 0.5) is 26.7 Å². The molecule has 1 unspecified atom stereocenters. The Morgan fingerprint density at radius 3 is 2.21 bits per heavy atom. The number of carbonyl (C=O) groups is 2. The lowest BCUT2D eigenvalue weighted by Gasteiger charge is -2.24. The minimum atomic E-state index is -5.83. The van der Waals surface area contributed by atoms with Gasteiger partial charge in [0.25, 0.3) is 0 Å². The van der Waals surface area contributed by atoms with Crippen molar-refractivity contribution in [1.82, 2.24) is 10.2 Å². The molecule has 0 aliphatic rings. The second-order valence-electron chi connectivity index (χ2n) is 8.33. The van der Waals surface area contributed by atoms with Gasteiger partial charge in [-0.3, -0.25) is 0 Å². The van der Waals surface area contributed by atoms with E-state index in [4.69, 9.17) is 9.47 Å². The van der Waals surface area contributed by atoms with Crippen LogP contribution >= 0.6 is 0 Å². The molecule has 0 fully saturated rings. The Hall–Kier alpha value is -3.45. The molecule has 0 aliphatic heterocycles. The molecule has 2 amide bonds. The molecular formula is C26H31F5N2O6. The summed E-state index contributed by atoms with van der Waals surface area (Å²) in [6.45, 7) is 1.05. The van der Waals surface area contributed by atoms with Gasteiger partial charge >= 0.3 is 24.3 Å². The molecule has 0 saturated carbocycles. The maximum Gasteiger partial charge on any atom is 0.482 e. The molecule has 1 atom stereocenters. The first kappa shape index (κ1) is 31.8. The highest BCUT2D eigenvalue weighted by Gasteiger charge is 2.59. The van der Waals surface area contributed by atoms with Crippen molar-refractivity contribution in [2.75, 3.05) is 32.9 Å². The van der Waals surface area contributed by atoms with Gasteiger partial charge in [-0.25, -0.2) is 9.59 Å². The van der Waals surface area contributed by atoms with Gasteiger partial charge in [0.2, 0.25) is 0 Å². The summed E-state index contributed by atoms with van der Waals surface area (Å²) in [5, 5.41) is 11.9. The van der Waals surface area contributed by atoms with Crippen LogP contribution in [-0.4, -0.2) is 73.3 Å². The zero-order chi connectivity index (χ0) is 28.9. The molecule has 0 heterocycles. The number of hydrogen-bond donors (Lipinski definition) is 2. The van der Waals surface area contributed by atoms with Crippen LogP contribution in [0.5, 0.6) is 5.75 Å². The summed E-state index contributed by atoms with van der Waals surface area (Å²) in [6, 6.07) is 15.0. The Morgan fingerprint density at radius 1 is 0.949 bits per heavy atom. The van der Waals surface area contributed by atoms with Crippen LogP contribution in [0.2, 0.25) is 0 Å². The second-order valence-corrected chi connectivity index (χ2v) is 8.33. The molecule has 2 aromatic carbocycles. The third-order valence-corrected chi connectivity index (χ3v) is 5.38. The summed E-state index contributed by atoms with van der Waals surface area (Å²) >= 11 is 0. The van der Waals surface area contributed by atoms with Crippen LogP contribution in [0, 0.1) is 0 Å². The molecule has 39 heavy (non-hydrogen) atoms. The van der Waals surface area contributed by atoms with Crippen LogP contribution in [0.25, 0.3) is 0 Å². The average molecular weight is 563 g/mol. The van der Waals surface area contributed by atoms with Crippen molar-refractivity contribution in [3.63, 3.8) is 0 Å². The molecule has 2 rings (SSSR count). The maximum atomic E-state index is 13.0. The molecule has 2 aromatic rings. The van der Waals surface area contributed by atoms with E-state index < -0.39 is 37.0 Å². The number of amides is 2. The highest BCUT2D eigenvalue weighted by Crippen LogP contribution is 2.36. The number of rotatable bonds is 16. The first-order chi connectivity index (χ1) is 18.4. The van der Waals surface area contributed by atoms with Gasteiger partial charge in [0.1, 0.15) is 12.4 Å². The minimum Gasteiger partial charge on any atom is -0.492 e. The molecule has 0 radical (unpaired) electrons. The Balaban J connectivity index is 1.92. The third kappa shape index (κ3) is 11.1. The number of hydrogen-bond acceptors (Lipinski definition) is 5. The number of carboxylic acids is 1. The summed E-state index contributed by atoms with van der Waals surface area (Å²) in [5.41, 5.74) is 1.52. The van der Waals surface area contributed by atoms with E-state index in [1.165, 1.54) is 4.90 Å². The monoisotopic (exact) mass is 562 g/mol.